The molecule has 0 spiro atoms. The lowest BCUT2D eigenvalue weighted by Gasteiger charge is -2.31. The van der Waals surface area contributed by atoms with Crippen molar-refractivity contribution in [1.29, 1.82) is 0 Å². The normalized spacial score (nSPS) is 21.4. The molecule has 2 aromatic rings. The van der Waals surface area contributed by atoms with Gasteiger partial charge in [-0.05, 0) is 30.4 Å². The topological polar surface area (TPSA) is 44.8 Å². The second-order valence-corrected chi connectivity index (χ2v) is 6.99. The molecule has 28 heavy (non-hydrogen) atoms. The maximum atomic E-state index is 11.9. The first-order chi connectivity index (χ1) is 13.7. The van der Waals surface area contributed by atoms with E-state index in [2.05, 4.69) is 30.3 Å². The lowest BCUT2D eigenvalue weighted by atomic mass is 9.89. The fraction of sp³-hybridized carbons (Fsp3) is 0.375. The van der Waals surface area contributed by atoms with Crippen molar-refractivity contribution in [3.8, 4) is 0 Å². The molecule has 1 aliphatic rings. The third kappa shape index (κ3) is 6.32. The molecular weight excluding hydrogens is 352 g/mol. The number of rotatable bonds is 9. The fourth-order valence-corrected chi connectivity index (χ4v) is 3.36. The van der Waals surface area contributed by atoms with Gasteiger partial charge in [-0.25, -0.2) is 0 Å². The molecule has 1 aliphatic carbocycles. The van der Waals surface area contributed by atoms with Crippen LogP contribution in [0.4, 0.5) is 0 Å². The summed E-state index contributed by atoms with van der Waals surface area (Å²) in [6, 6.07) is 20.2. The Kier molecular flexibility index (Phi) is 7.82. The Morgan fingerprint density at radius 2 is 1.50 bits per heavy atom. The molecule has 0 bridgehead atoms. The highest BCUT2D eigenvalue weighted by atomic mass is 16.5. The van der Waals surface area contributed by atoms with Crippen LogP contribution in [0.25, 0.3) is 0 Å². The van der Waals surface area contributed by atoms with Crippen molar-refractivity contribution in [2.24, 2.45) is 5.92 Å². The van der Waals surface area contributed by atoms with E-state index in [4.69, 9.17) is 14.2 Å². The molecule has 0 saturated heterocycles. The maximum absolute atomic E-state index is 11.9. The highest BCUT2D eigenvalue weighted by molar-refractivity contribution is 5.70. The van der Waals surface area contributed by atoms with E-state index < -0.39 is 0 Å². The SMILES string of the molecule is CCOC(=O)C[C@H]1C=C[C@@H](OCc2ccccc2)[C@@H](OCc2ccccc2)C1. The third-order valence-corrected chi connectivity index (χ3v) is 4.80. The second-order valence-electron chi connectivity index (χ2n) is 6.99. The summed E-state index contributed by atoms with van der Waals surface area (Å²) in [6.07, 6.45) is 4.97. The van der Waals surface area contributed by atoms with Gasteiger partial charge in [0.2, 0.25) is 0 Å². The fourth-order valence-electron chi connectivity index (χ4n) is 3.36. The average Bonchev–Trinajstić information content (AvgIpc) is 2.73. The Labute approximate surface area is 167 Å². The average molecular weight is 380 g/mol. The smallest absolute Gasteiger partial charge is 0.306 e. The van der Waals surface area contributed by atoms with E-state index >= 15 is 0 Å². The largest absolute Gasteiger partial charge is 0.466 e. The molecule has 0 amide bonds. The van der Waals surface area contributed by atoms with Crippen LogP contribution in [0.3, 0.4) is 0 Å². The number of hydrogen-bond acceptors (Lipinski definition) is 4. The first kappa shape index (κ1) is 20.3. The van der Waals surface area contributed by atoms with E-state index in [1.54, 1.807) is 0 Å². The molecule has 4 nitrogen and oxygen atoms in total. The third-order valence-electron chi connectivity index (χ3n) is 4.80. The van der Waals surface area contributed by atoms with Crippen LogP contribution in [-0.4, -0.2) is 24.8 Å². The Morgan fingerprint density at radius 1 is 0.893 bits per heavy atom. The van der Waals surface area contributed by atoms with Gasteiger partial charge < -0.3 is 14.2 Å². The Morgan fingerprint density at radius 3 is 2.11 bits per heavy atom. The predicted octanol–water partition coefficient (Wildman–Crippen LogP) is 4.69. The molecule has 4 heteroatoms. The minimum absolute atomic E-state index is 0.103. The second kappa shape index (κ2) is 10.8. The van der Waals surface area contributed by atoms with Gasteiger partial charge in [-0.1, -0.05) is 72.8 Å². The number of esters is 1. The van der Waals surface area contributed by atoms with E-state index in [0.717, 1.165) is 17.5 Å². The molecule has 0 saturated carbocycles. The van der Waals surface area contributed by atoms with Crippen LogP contribution in [0.2, 0.25) is 0 Å². The van der Waals surface area contributed by atoms with Crippen molar-refractivity contribution in [2.75, 3.05) is 6.61 Å². The quantitative estimate of drug-likeness (QED) is 0.468. The molecule has 0 aromatic heterocycles. The highest BCUT2D eigenvalue weighted by Crippen LogP contribution is 2.27. The lowest BCUT2D eigenvalue weighted by molar-refractivity contribution is -0.144. The summed E-state index contributed by atoms with van der Waals surface area (Å²) in [5.41, 5.74) is 2.26. The van der Waals surface area contributed by atoms with Crippen LogP contribution >= 0.6 is 0 Å². The lowest BCUT2D eigenvalue weighted by Crippen LogP contribution is -2.35. The van der Waals surface area contributed by atoms with Gasteiger partial charge in [-0.3, -0.25) is 4.79 Å². The van der Waals surface area contributed by atoms with Gasteiger partial charge in [0.25, 0.3) is 0 Å². The number of ether oxygens (including phenoxy) is 3. The summed E-state index contributed by atoms with van der Waals surface area (Å²) in [5, 5.41) is 0. The van der Waals surface area contributed by atoms with Gasteiger partial charge >= 0.3 is 5.97 Å². The molecular formula is C24H28O4. The molecule has 0 fully saturated rings. The van der Waals surface area contributed by atoms with E-state index in [9.17, 15) is 4.79 Å². The number of allylic oxidation sites excluding steroid dienone is 1. The first-order valence-electron chi connectivity index (χ1n) is 9.89. The monoisotopic (exact) mass is 380 g/mol. The van der Waals surface area contributed by atoms with Gasteiger partial charge in [-0.15, -0.1) is 0 Å². The van der Waals surface area contributed by atoms with Crippen LogP contribution in [0.1, 0.15) is 30.9 Å². The molecule has 2 aromatic carbocycles. The van der Waals surface area contributed by atoms with Crippen molar-refractivity contribution >= 4 is 5.97 Å². The van der Waals surface area contributed by atoms with Crippen molar-refractivity contribution in [2.45, 2.75) is 45.2 Å². The van der Waals surface area contributed by atoms with Crippen LogP contribution in [0.5, 0.6) is 0 Å². The minimum atomic E-state index is -0.164. The Hall–Kier alpha value is -2.43. The standard InChI is InChI=1S/C24H28O4/c1-2-26-24(25)16-21-13-14-22(27-17-19-9-5-3-6-10-19)23(15-21)28-18-20-11-7-4-8-12-20/h3-14,21-23H,2,15-18H2,1H3/t21-,22+,23-/m0/s1. The predicted molar refractivity (Wildman–Crippen MR) is 109 cm³/mol. The van der Waals surface area contributed by atoms with E-state index in [0.29, 0.717) is 26.2 Å². The van der Waals surface area contributed by atoms with E-state index in [-0.39, 0.29) is 24.1 Å². The summed E-state index contributed by atoms with van der Waals surface area (Å²) in [7, 11) is 0. The molecule has 3 rings (SSSR count). The molecule has 0 radical (unpaired) electrons. The summed E-state index contributed by atoms with van der Waals surface area (Å²) < 4.78 is 17.5. The van der Waals surface area contributed by atoms with Crippen molar-refractivity contribution in [1.82, 2.24) is 0 Å². The van der Waals surface area contributed by atoms with E-state index in [1.165, 1.54) is 0 Å². The van der Waals surface area contributed by atoms with Crippen molar-refractivity contribution < 1.29 is 19.0 Å². The van der Waals surface area contributed by atoms with Crippen LogP contribution in [0, 0.1) is 5.92 Å². The molecule has 0 unspecified atom stereocenters. The van der Waals surface area contributed by atoms with Gasteiger partial charge in [0.15, 0.2) is 0 Å². The molecule has 0 aliphatic heterocycles. The number of carbonyl (C=O) groups is 1. The zero-order chi connectivity index (χ0) is 19.6. The molecule has 3 atom stereocenters. The number of carbonyl (C=O) groups excluding carboxylic acids is 1. The summed E-state index contributed by atoms with van der Waals surface area (Å²) in [4.78, 5) is 11.9. The highest BCUT2D eigenvalue weighted by Gasteiger charge is 2.29. The first-order valence-corrected chi connectivity index (χ1v) is 9.89. The van der Waals surface area contributed by atoms with Gasteiger partial charge in [0.05, 0.1) is 32.3 Å². The Bertz CT molecular complexity index is 742. The van der Waals surface area contributed by atoms with Gasteiger partial charge in [-0.2, -0.15) is 0 Å². The zero-order valence-corrected chi connectivity index (χ0v) is 16.3. The van der Waals surface area contributed by atoms with Crippen LogP contribution < -0.4 is 0 Å². The van der Waals surface area contributed by atoms with Gasteiger partial charge in [0.1, 0.15) is 6.10 Å². The minimum Gasteiger partial charge on any atom is -0.466 e. The van der Waals surface area contributed by atoms with Crippen molar-refractivity contribution in [3.05, 3.63) is 83.9 Å². The molecule has 0 N–H and O–H groups in total. The van der Waals surface area contributed by atoms with Crippen LogP contribution in [0.15, 0.2) is 72.8 Å². The summed E-state index contributed by atoms with van der Waals surface area (Å²) in [6.45, 7) is 3.29. The maximum Gasteiger partial charge on any atom is 0.306 e. The summed E-state index contributed by atoms with van der Waals surface area (Å²) >= 11 is 0. The summed E-state index contributed by atoms with van der Waals surface area (Å²) in [5.74, 6) is -0.0565. The van der Waals surface area contributed by atoms with Crippen molar-refractivity contribution in [3.63, 3.8) is 0 Å². The zero-order valence-electron chi connectivity index (χ0n) is 16.3. The molecule has 148 valence electrons. The number of hydrogen-bond donors (Lipinski definition) is 0. The number of benzene rings is 2. The molecule has 0 heterocycles. The van der Waals surface area contributed by atoms with Crippen LogP contribution in [-0.2, 0) is 32.2 Å². The Balaban J connectivity index is 1.62. The van der Waals surface area contributed by atoms with Gasteiger partial charge in [0, 0.05) is 0 Å². The van der Waals surface area contributed by atoms with E-state index in [1.807, 2.05) is 49.4 Å².